The molecule has 0 saturated carbocycles. The van der Waals surface area contributed by atoms with E-state index in [-0.39, 0.29) is 11.9 Å². The van der Waals surface area contributed by atoms with Crippen LogP contribution in [0.1, 0.15) is 18.0 Å². The van der Waals surface area contributed by atoms with Crippen molar-refractivity contribution < 1.29 is 9.53 Å². The number of hydrogen-bond donors (Lipinski definition) is 1. The van der Waals surface area contributed by atoms with Crippen LogP contribution in [0.3, 0.4) is 0 Å². The molecule has 1 atom stereocenters. The third-order valence-electron chi connectivity index (χ3n) is 5.23. The molecule has 0 radical (unpaired) electrons. The summed E-state index contributed by atoms with van der Waals surface area (Å²) in [5.41, 5.74) is 1.14. The van der Waals surface area contributed by atoms with Gasteiger partial charge in [0.05, 0.1) is 25.8 Å². The zero-order valence-corrected chi connectivity index (χ0v) is 15.8. The second-order valence-electron chi connectivity index (χ2n) is 7.19. The largest absolute Gasteiger partial charge is 0.379 e. The second kappa shape index (κ2) is 9.97. The van der Waals surface area contributed by atoms with E-state index in [9.17, 15) is 4.79 Å². The Hall–Kier alpha value is -1.54. The molecule has 7 heteroatoms. The Morgan fingerprint density at radius 1 is 1.23 bits per heavy atom. The lowest BCUT2D eigenvalue weighted by Crippen LogP contribution is -2.45. The Bertz CT molecular complexity index is 550. The minimum atomic E-state index is 0.108. The highest BCUT2D eigenvalue weighted by atomic mass is 16.5. The predicted molar refractivity (Wildman–Crippen MR) is 101 cm³/mol. The highest BCUT2D eigenvalue weighted by Crippen LogP contribution is 2.20. The van der Waals surface area contributed by atoms with Gasteiger partial charge in [-0.15, -0.1) is 0 Å². The van der Waals surface area contributed by atoms with Gasteiger partial charge in [0, 0.05) is 45.1 Å². The van der Waals surface area contributed by atoms with Crippen LogP contribution >= 0.6 is 0 Å². The van der Waals surface area contributed by atoms with Crippen molar-refractivity contribution in [1.29, 1.82) is 0 Å². The smallest absolute Gasteiger partial charge is 0.234 e. The fourth-order valence-electron chi connectivity index (χ4n) is 3.65. The van der Waals surface area contributed by atoms with E-state index >= 15 is 0 Å². The third-order valence-corrected chi connectivity index (χ3v) is 5.23. The summed E-state index contributed by atoms with van der Waals surface area (Å²) in [5, 5.41) is 3.15. The SMILES string of the molecule is CN1CCCN(CC(=O)NCC(c2cccnc2)N2CCOCC2)CC1. The van der Waals surface area contributed by atoms with E-state index in [0.29, 0.717) is 13.1 Å². The number of carbonyl (C=O) groups is 1. The van der Waals surface area contributed by atoms with Crippen molar-refractivity contribution in [2.75, 3.05) is 72.6 Å². The number of amides is 1. The van der Waals surface area contributed by atoms with Crippen LogP contribution < -0.4 is 5.32 Å². The van der Waals surface area contributed by atoms with Gasteiger partial charge in [-0.3, -0.25) is 19.6 Å². The van der Waals surface area contributed by atoms with E-state index in [0.717, 1.165) is 64.5 Å². The minimum absolute atomic E-state index is 0.108. The molecular weight excluding hydrogens is 330 g/mol. The lowest BCUT2D eigenvalue weighted by Gasteiger charge is -2.34. The van der Waals surface area contributed by atoms with Crippen LogP contribution in [0.4, 0.5) is 0 Å². The van der Waals surface area contributed by atoms with E-state index in [1.54, 1.807) is 6.20 Å². The molecule has 1 unspecified atom stereocenters. The van der Waals surface area contributed by atoms with Crippen molar-refractivity contribution in [3.05, 3.63) is 30.1 Å². The molecule has 0 aliphatic carbocycles. The Labute approximate surface area is 156 Å². The summed E-state index contributed by atoms with van der Waals surface area (Å²) in [4.78, 5) is 23.7. The van der Waals surface area contributed by atoms with Crippen LogP contribution in [0.15, 0.2) is 24.5 Å². The average Bonchev–Trinajstić information content (AvgIpc) is 2.88. The van der Waals surface area contributed by atoms with Crippen LogP contribution in [-0.2, 0) is 9.53 Å². The number of ether oxygens (including phenoxy) is 1. The van der Waals surface area contributed by atoms with Gasteiger partial charge in [0.1, 0.15) is 0 Å². The average molecular weight is 361 g/mol. The van der Waals surface area contributed by atoms with Crippen LogP contribution in [0, 0.1) is 0 Å². The monoisotopic (exact) mass is 361 g/mol. The molecule has 0 spiro atoms. The summed E-state index contributed by atoms with van der Waals surface area (Å²) < 4.78 is 5.48. The Kier molecular flexibility index (Phi) is 7.37. The van der Waals surface area contributed by atoms with Gasteiger partial charge in [0.2, 0.25) is 5.91 Å². The zero-order valence-electron chi connectivity index (χ0n) is 15.8. The first-order valence-corrected chi connectivity index (χ1v) is 9.61. The van der Waals surface area contributed by atoms with E-state index in [2.05, 4.69) is 38.1 Å². The first-order chi connectivity index (χ1) is 12.7. The molecule has 2 saturated heterocycles. The molecule has 1 aromatic heterocycles. The standard InChI is InChI=1S/C19H31N5O2/c1-22-6-3-7-23(9-8-22)16-19(25)21-15-18(17-4-2-5-20-14-17)24-10-12-26-13-11-24/h2,4-5,14,18H,3,6-13,15-16H2,1H3,(H,21,25). The van der Waals surface area contributed by atoms with Gasteiger partial charge in [-0.25, -0.2) is 0 Å². The molecule has 0 aromatic carbocycles. The topological polar surface area (TPSA) is 60.9 Å². The number of aromatic nitrogens is 1. The van der Waals surface area contributed by atoms with E-state index in [4.69, 9.17) is 4.74 Å². The molecule has 7 nitrogen and oxygen atoms in total. The summed E-state index contributed by atoms with van der Waals surface area (Å²) in [6, 6.07) is 4.19. The van der Waals surface area contributed by atoms with Crippen molar-refractivity contribution in [2.45, 2.75) is 12.5 Å². The fraction of sp³-hybridized carbons (Fsp3) is 0.684. The molecule has 2 aliphatic heterocycles. The first-order valence-electron chi connectivity index (χ1n) is 9.61. The van der Waals surface area contributed by atoms with Crippen LogP contribution in [0.2, 0.25) is 0 Å². The van der Waals surface area contributed by atoms with Gasteiger partial charge >= 0.3 is 0 Å². The molecule has 1 N–H and O–H groups in total. The Morgan fingerprint density at radius 2 is 2.08 bits per heavy atom. The lowest BCUT2D eigenvalue weighted by molar-refractivity contribution is -0.122. The van der Waals surface area contributed by atoms with Gasteiger partial charge < -0.3 is 15.0 Å². The number of rotatable bonds is 6. The first kappa shape index (κ1) is 19.2. The zero-order chi connectivity index (χ0) is 18.2. The number of carbonyl (C=O) groups excluding carboxylic acids is 1. The van der Waals surface area contributed by atoms with E-state index in [1.165, 1.54) is 0 Å². The number of pyridine rings is 1. The van der Waals surface area contributed by atoms with Crippen molar-refractivity contribution in [3.63, 3.8) is 0 Å². The quantitative estimate of drug-likeness (QED) is 0.782. The maximum Gasteiger partial charge on any atom is 0.234 e. The van der Waals surface area contributed by atoms with Gasteiger partial charge in [0.15, 0.2) is 0 Å². The number of nitrogens with one attached hydrogen (secondary N) is 1. The number of nitrogens with zero attached hydrogens (tertiary/aromatic N) is 4. The molecule has 3 rings (SSSR count). The number of morpholine rings is 1. The maximum atomic E-state index is 12.5. The van der Waals surface area contributed by atoms with Crippen LogP contribution in [-0.4, -0.2) is 98.2 Å². The molecule has 2 aliphatic rings. The highest BCUT2D eigenvalue weighted by Gasteiger charge is 2.24. The maximum absolute atomic E-state index is 12.5. The van der Waals surface area contributed by atoms with Crippen LogP contribution in [0.25, 0.3) is 0 Å². The summed E-state index contributed by atoms with van der Waals surface area (Å²) in [6.45, 7) is 8.43. The molecule has 3 heterocycles. The summed E-state index contributed by atoms with van der Waals surface area (Å²) in [6.07, 6.45) is 4.81. The normalized spacial score (nSPS) is 21.9. The Balaban J connectivity index is 1.54. The highest BCUT2D eigenvalue weighted by molar-refractivity contribution is 5.78. The van der Waals surface area contributed by atoms with Gasteiger partial charge in [0.25, 0.3) is 0 Å². The van der Waals surface area contributed by atoms with Gasteiger partial charge in [-0.2, -0.15) is 0 Å². The minimum Gasteiger partial charge on any atom is -0.379 e. The van der Waals surface area contributed by atoms with E-state index in [1.807, 2.05) is 12.3 Å². The molecule has 1 amide bonds. The summed E-state index contributed by atoms with van der Waals surface area (Å²) >= 11 is 0. The van der Waals surface area contributed by atoms with E-state index < -0.39 is 0 Å². The Morgan fingerprint density at radius 3 is 2.85 bits per heavy atom. The molecular formula is C19H31N5O2. The molecule has 0 bridgehead atoms. The third kappa shape index (κ3) is 5.74. The molecule has 1 aromatic rings. The van der Waals surface area contributed by atoms with Crippen molar-refractivity contribution in [1.82, 2.24) is 25.0 Å². The number of hydrogen-bond acceptors (Lipinski definition) is 6. The van der Waals surface area contributed by atoms with Crippen molar-refractivity contribution in [3.8, 4) is 0 Å². The van der Waals surface area contributed by atoms with Gasteiger partial charge in [-0.1, -0.05) is 6.07 Å². The molecule has 144 valence electrons. The van der Waals surface area contributed by atoms with Crippen molar-refractivity contribution in [2.24, 2.45) is 0 Å². The summed E-state index contributed by atoms with van der Waals surface area (Å²) in [5.74, 6) is 0.108. The molecule has 2 fully saturated rings. The lowest BCUT2D eigenvalue weighted by atomic mass is 10.1. The second-order valence-corrected chi connectivity index (χ2v) is 7.19. The van der Waals surface area contributed by atoms with Gasteiger partial charge in [-0.05, 0) is 38.2 Å². The van der Waals surface area contributed by atoms with Crippen molar-refractivity contribution >= 4 is 5.91 Å². The van der Waals surface area contributed by atoms with Crippen LogP contribution in [0.5, 0.6) is 0 Å². The fourth-order valence-corrected chi connectivity index (χ4v) is 3.65. The summed E-state index contributed by atoms with van der Waals surface area (Å²) in [7, 11) is 2.14. The predicted octanol–water partition coefficient (Wildman–Crippen LogP) is 0.209. The number of likely N-dealkylation sites (N-methyl/N-ethyl adjacent to an activating group) is 1. The molecule has 26 heavy (non-hydrogen) atoms.